The number of hydrogen-bond donors (Lipinski definition) is 1. The summed E-state index contributed by atoms with van der Waals surface area (Å²) >= 11 is 0. The molecule has 0 radical (unpaired) electrons. The van der Waals surface area contributed by atoms with E-state index in [1.165, 1.54) is 31.2 Å². The Bertz CT molecular complexity index is 944. The van der Waals surface area contributed by atoms with Crippen LogP contribution in [0.25, 0.3) is 0 Å². The summed E-state index contributed by atoms with van der Waals surface area (Å²) in [5.41, 5.74) is -0.551. The number of amides is 1. The molecule has 0 aromatic heterocycles. The topological polar surface area (TPSA) is 66.5 Å². The van der Waals surface area contributed by atoms with Gasteiger partial charge in [-0.05, 0) is 48.9 Å². The van der Waals surface area contributed by atoms with E-state index in [1.807, 2.05) is 0 Å². The second kappa shape index (κ2) is 8.17. The summed E-state index contributed by atoms with van der Waals surface area (Å²) in [4.78, 5) is 12.4. The second-order valence-corrected chi connectivity index (χ2v) is 7.99. The number of rotatable bonds is 6. The average molecular weight is 418 g/mol. The summed E-state index contributed by atoms with van der Waals surface area (Å²) in [5.74, 6) is -1.29. The number of anilines is 1. The third kappa shape index (κ3) is 5.44. The molecule has 1 atom stereocenters. The third-order valence-electron chi connectivity index (χ3n) is 3.89. The highest BCUT2D eigenvalue weighted by molar-refractivity contribution is 7.92. The van der Waals surface area contributed by atoms with Crippen LogP contribution in [0.4, 0.5) is 23.2 Å². The summed E-state index contributed by atoms with van der Waals surface area (Å²) in [6.45, 7) is 1.11. The molecule has 0 heterocycles. The molecule has 0 spiro atoms. The van der Waals surface area contributed by atoms with E-state index in [4.69, 9.17) is 0 Å². The van der Waals surface area contributed by atoms with E-state index in [-0.39, 0.29) is 17.8 Å². The number of hydrogen-bond acceptors (Lipinski definition) is 3. The molecule has 0 fully saturated rings. The van der Waals surface area contributed by atoms with Gasteiger partial charge in [0.1, 0.15) is 11.9 Å². The minimum absolute atomic E-state index is 0.0885. The first kappa shape index (κ1) is 21.7. The summed E-state index contributed by atoms with van der Waals surface area (Å²) in [6, 6.07) is 7.78. The van der Waals surface area contributed by atoms with Crippen LogP contribution >= 0.6 is 0 Å². The normalized spacial score (nSPS) is 13.1. The van der Waals surface area contributed by atoms with Crippen molar-refractivity contribution < 1.29 is 30.8 Å². The van der Waals surface area contributed by atoms with E-state index in [0.29, 0.717) is 0 Å². The smallest absolute Gasteiger partial charge is 0.350 e. The van der Waals surface area contributed by atoms with Gasteiger partial charge in [0.25, 0.3) is 0 Å². The summed E-state index contributed by atoms with van der Waals surface area (Å²) in [5, 5.41) is 2.42. The standard InChI is InChI=1S/C18H18F4N2O3S/c1-12(24(28(2,26)27)16-8-6-15(19)7-9-16)17(25)23-11-13-4-3-5-14(10-13)18(20,21)22/h3-10,12H,11H2,1-2H3,(H,23,25)/t12-/m1/s1. The van der Waals surface area contributed by atoms with Gasteiger partial charge in [-0.1, -0.05) is 12.1 Å². The molecule has 5 nitrogen and oxygen atoms in total. The summed E-state index contributed by atoms with van der Waals surface area (Å²) in [7, 11) is -3.88. The molecule has 2 aromatic carbocycles. The number of carbonyl (C=O) groups is 1. The SMILES string of the molecule is C[C@H](C(=O)NCc1cccc(C(F)(F)F)c1)N(c1ccc(F)cc1)S(C)(=O)=O. The number of carbonyl (C=O) groups excluding carboxylic acids is 1. The molecule has 2 rings (SSSR count). The van der Waals surface area contributed by atoms with Crippen molar-refractivity contribution >= 4 is 21.6 Å². The fourth-order valence-electron chi connectivity index (χ4n) is 2.59. The van der Waals surface area contributed by atoms with Crippen LogP contribution in [0.2, 0.25) is 0 Å². The molecule has 1 N–H and O–H groups in total. The number of alkyl halides is 3. The zero-order valence-electron chi connectivity index (χ0n) is 15.0. The monoisotopic (exact) mass is 418 g/mol. The summed E-state index contributed by atoms with van der Waals surface area (Å²) in [6.07, 6.45) is -3.62. The van der Waals surface area contributed by atoms with Crippen molar-refractivity contribution in [3.05, 3.63) is 65.5 Å². The van der Waals surface area contributed by atoms with Gasteiger partial charge in [0, 0.05) is 6.54 Å². The van der Waals surface area contributed by atoms with E-state index in [9.17, 15) is 30.8 Å². The highest BCUT2D eigenvalue weighted by atomic mass is 32.2. The minimum Gasteiger partial charge on any atom is -0.350 e. The maximum atomic E-state index is 13.1. The first-order chi connectivity index (χ1) is 12.9. The van der Waals surface area contributed by atoms with Crippen LogP contribution in [-0.2, 0) is 27.5 Å². The van der Waals surface area contributed by atoms with Gasteiger partial charge in [-0.3, -0.25) is 9.10 Å². The average Bonchev–Trinajstić information content (AvgIpc) is 2.60. The molecule has 1 amide bonds. The minimum atomic E-state index is -4.51. The van der Waals surface area contributed by atoms with Gasteiger partial charge in [0.05, 0.1) is 17.5 Å². The maximum Gasteiger partial charge on any atom is 0.416 e. The fourth-order valence-corrected chi connectivity index (χ4v) is 3.77. The quantitative estimate of drug-likeness (QED) is 0.732. The molecule has 0 aliphatic rings. The number of sulfonamides is 1. The molecule has 2 aromatic rings. The molecule has 0 bridgehead atoms. The zero-order chi connectivity index (χ0) is 21.1. The van der Waals surface area contributed by atoms with Crippen molar-refractivity contribution in [3.8, 4) is 0 Å². The van der Waals surface area contributed by atoms with Gasteiger partial charge >= 0.3 is 6.18 Å². The van der Waals surface area contributed by atoms with Crippen LogP contribution in [0.15, 0.2) is 48.5 Å². The molecular weight excluding hydrogens is 400 g/mol. The van der Waals surface area contributed by atoms with E-state index in [0.717, 1.165) is 34.8 Å². The van der Waals surface area contributed by atoms with Crippen molar-refractivity contribution in [2.75, 3.05) is 10.6 Å². The number of halogens is 4. The zero-order valence-corrected chi connectivity index (χ0v) is 15.8. The van der Waals surface area contributed by atoms with Gasteiger partial charge < -0.3 is 5.32 Å². The molecule has 0 aliphatic carbocycles. The molecule has 0 saturated carbocycles. The van der Waals surface area contributed by atoms with Crippen molar-refractivity contribution in [1.82, 2.24) is 5.32 Å². The van der Waals surface area contributed by atoms with E-state index in [1.54, 1.807) is 0 Å². The largest absolute Gasteiger partial charge is 0.416 e. The van der Waals surface area contributed by atoms with Crippen LogP contribution in [0.1, 0.15) is 18.1 Å². The fraction of sp³-hybridized carbons (Fsp3) is 0.278. The Labute approximate surface area is 160 Å². The Balaban J connectivity index is 2.17. The Morgan fingerprint density at radius 2 is 1.75 bits per heavy atom. The van der Waals surface area contributed by atoms with Crippen molar-refractivity contribution in [3.63, 3.8) is 0 Å². The maximum absolute atomic E-state index is 13.1. The Morgan fingerprint density at radius 3 is 2.29 bits per heavy atom. The predicted octanol–water partition coefficient (Wildman–Crippen LogP) is 3.32. The van der Waals surface area contributed by atoms with Crippen LogP contribution in [0, 0.1) is 5.82 Å². The molecule has 0 unspecified atom stereocenters. The van der Waals surface area contributed by atoms with Crippen molar-refractivity contribution in [2.24, 2.45) is 0 Å². The molecule has 0 saturated heterocycles. The second-order valence-electron chi connectivity index (χ2n) is 6.13. The van der Waals surface area contributed by atoms with Crippen LogP contribution in [0.5, 0.6) is 0 Å². The lowest BCUT2D eigenvalue weighted by Gasteiger charge is -2.28. The van der Waals surface area contributed by atoms with Gasteiger partial charge in [0.2, 0.25) is 15.9 Å². The summed E-state index contributed by atoms with van der Waals surface area (Å²) < 4.78 is 76.4. The van der Waals surface area contributed by atoms with Crippen molar-refractivity contribution in [1.29, 1.82) is 0 Å². The Hall–Kier alpha value is -2.62. The van der Waals surface area contributed by atoms with E-state index in [2.05, 4.69) is 5.32 Å². The first-order valence-corrected chi connectivity index (χ1v) is 9.93. The lowest BCUT2D eigenvalue weighted by Crippen LogP contribution is -2.47. The Kier molecular flexibility index (Phi) is 6.33. The van der Waals surface area contributed by atoms with Gasteiger partial charge in [-0.25, -0.2) is 12.8 Å². The molecule has 0 aliphatic heterocycles. The Morgan fingerprint density at radius 1 is 1.14 bits per heavy atom. The lowest BCUT2D eigenvalue weighted by atomic mass is 10.1. The molecular formula is C18H18F4N2O3S. The van der Waals surface area contributed by atoms with Crippen molar-refractivity contribution in [2.45, 2.75) is 25.7 Å². The molecule has 10 heteroatoms. The van der Waals surface area contributed by atoms with Crippen LogP contribution < -0.4 is 9.62 Å². The first-order valence-electron chi connectivity index (χ1n) is 8.08. The van der Waals surface area contributed by atoms with E-state index >= 15 is 0 Å². The number of nitrogens with one attached hydrogen (secondary N) is 1. The predicted molar refractivity (Wildman–Crippen MR) is 96.5 cm³/mol. The molecule has 152 valence electrons. The van der Waals surface area contributed by atoms with Gasteiger partial charge in [0.15, 0.2) is 0 Å². The number of benzene rings is 2. The van der Waals surface area contributed by atoms with Gasteiger partial charge in [-0.2, -0.15) is 13.2 Å². The lowest BCUT2D eigenvalue weighted by molar-refractivity contribution is -0.137. The van der Waals surface area contributed by atoms with Crippen LogP contribution in [-0.4, -0.2) is 26.6 Å². The third-order valence-corrected chi connectivity index (χ3v) is 5.13. The highest BCUT2D eigenvalue weighted by Gasteiger charge is 2.31. The van der Waals surface area contributed by atoms with Gasteiger partial charge in [-0.15, -0.1) is 0 Å². The van der Waals surface area contributed by atoms with E-state index < -0.39 is 39.5 Å². The molecule has 28 heavy (non-hydrogen) atoms. The highest BCUT2D eigenvalue weighted by Crippen LogP contribution is 2.29. The van der Waals surface area contributed by atoms with Crippen LogP contribution in [0.3, 0.4) is 0 Å². The number of nitrogens with zero attached hydrogens (tertiary/aromatic N) is 1.